The highest BCUT2D eigenvalue weighted by Crippen LogP contribution is 2.31. The van der Waals surface area contributed by atoms with E-state index in [4.69, 9.17) is 9.47 Å². The highest BCUT2D eigenvalue weighted by Gasteiger charge is 2.26. The minimum absolute atomic E-state index is 0.204. The van der Waals surface area contributed by atoms with Crippen LogP contribution in [0.2, 0.25) is 0 Å². The molecule has 1 aliphatic rings. The summed E-state index contributed by atoms with van der Waals surface area (Å²) in [6, 6.07) is 4.06. The van der Waals surface area contributed by atoms with E-state index < -0.39 is 11.6 Å². The van der Waals surface area contributed by atoms with Crippen molar-refractivity contribution in [2.75, 3.05) is 32.9 Å². The molecule has 0 aromatic heterocycles. The highest BCUT2D eigenvalue weighted by atomic mass is 19.2. The Morgan fingerprint density at radius 2 is 2.14 bits per heavy atom. The molecule has 0 radical (unpaired) electrons. The first-order chi connectivity index (χ1) is 10.7. The Bertz CT molecular complexity index is 450. The van der Waals surface area contributed by atoms with Crippen LogP contribution in [0, 0.1) is 17.6 Å². The number of piperidine rings is 1. The molecule has 124 valence electrons. The third-order valence-electron chi connectivity index (χ3n) is 3.97. The number of nitrogens with one attached hydrogen (secondary N) is 1. The summed E-state index contributed by atoms with van der Waals surface area (Å²) < 4.78 is 38.0. The second-order valence-corrected chi connectivity index (χ2v) is 5.62. The second-order valence-electron chi connectivity index (χ2n) is 5.62. The van der Waals surface area contributed by atoms with Gasteiger partial charge in [-0.1, -0.05) is 6.07 Å². The summed E-state index contributed by atoms with van der Waals surface area (Å²) in [6.45, 7) is 5.71. The van der Waals surface area contributed by atoms with E-state index in [1.165, 1.54) is 12.1 Å². The van der Waals surface area contributed by atoms with Gasteiger partial charge in [0.2, 0.25) is 0 Å². The second kappa shape index (κ2) is 9.18. The summed E-state index contributed by atoms with van der Waals surface area (Å²) in [4.78, 5) is 0. The van der Waals surface area contributed by atoms with E-state index in [0.29, 0.717) is 25.4 Å². The average molecular weight is 313 g/mol. The molecule has 0 spiro atoms. The van der Waals surface area contributed by atoms with Crippen LogP contribution in [-0.4, -0.2) is 32.9 Å². The zero-order valence-corrected chi connectivity index (χ0v) is 13.1. The van der Waals surface area contributed by atoms with Gasteiger partial charge in [0, 0.05) is 32.3 Å². The molecular formula is C17H25F2NO2. The van der Waals surface area contributed by atoms with E-state index in [0.717, 1.165) is 32.4 Å². The van der Waals surface area contributed by atoms with Gasteiger partial charge in [0.05, 0.1) is 6.10 Å². The van der Waals surface area contributed by atoms with Gasteiger partial charge < -0.3 is 14.8 Å². The van der Waals surface area contributed by atoms with Gasteiger partial charge in [-0.05, 0) is 50.4 Å². The molecule has 1 heterocycles. The van der Waals surface area contributed by atoms with Crippen LogP contribution in [0.1, 0.15) is 37.9 Å². The highest BCUT2D eigenvalue weighted by molar-refractivity contribution is 5.21. The zero-order valence-electron chi connectivity index (χ0n) is 13.1. The predicted molar refractivity (Wildman–Crippen MR) is 81.8 cm³/mol. The van der Waals surface area contributed by atoms with Gasteiger partial charge in [0.15, 0.2) is 11.6 Å². The van der Waals surface area contributed by atoms with Gasteiger partial charge in [0.1, 0.15) is 0 Å². The molecule has 3 nitrogen and oxygen atoms in total. The lowest BCUT2D eigenvalue weighted by Gasteiger charge is -2.31. The first kappa shape index (κ1) is 17.3. The van der Waals surface area contributed by atoms with Crippen molar-refractivity contribution in [2.24, 2.45) is 5.92 Å². The van der Waals surface area contributed by atoms with E-state index in [9.17, 15) is 8.78 Å². The maximum Gasteiger partial charge on any atom is 0.159 e. The number of halogens is 2. The Morgan fingerprint density at radius 3 is 2.82 bits per heavy atom. The summed E-state index contributed by atoms with van der Waals surface area (Å²) in [5.41, 5.74) is 0.712. The van der Waals surface area contributed by atoms with Gasteiger partial charge in [-0.3, -0.25) is 0 Å². The van der Waals surface area contributed by atoms with Crippen molar-refractivity contribution in [3.05, 3.63) is 35.4 Å². The van der Waals surface area contributed by atoms with Crippen LogP contribution in [0.3, 0.4) is 0 Å². The molecule has 5 heteroatoms. The minimum Gasteiger partial charge on any atom is -0.382 e. The standard InChI is InChI=1S/C17H25F2NO2/c1-2-21-9-4-10-22-17(14-5-3-8-20-12-14)13-6-7-15(18)16(19)11-13/h6-7,11,14,17,20H,2-5,8-10,12H2,1H3/t14?,17-/m0/s1. The van der Waals surface area contributed by atoms with E-state index in [1.54, 1.807) is 6.07 Å². The quantitative estimate of drug-likeness (QED) is 0.746. The van der Waals surface area contributed by atoms with Crippen molar-refractivity contribution in [3.8, 4) is 0 Å². The fraction of sp³-hybridized carbons (Fsp3) is 0.647. The number of ether oxygens (including phenoxy) is 2. The van der Waals surface area contributed by atoms with E-state index in [2.05, 4.69) is 5.32 Å². The first-order valence-corrected chi connectivity index (χ1v) is 8.07. The lowest BCUT2D eigenvalue weighted by Crippen LogP contribution is -2.34. The molecule has 0 bridgehead atoms. The van der Waals surface area contributed by atoms with Crippen LogP contribution in [0.4, 0.5) is 8.78 Å². The van der Waals surface area contributed by atoms with E-state index >= 15 is 0 Å². The Kier molecular flexibility index (Phi) is 7.22. The molecular weight excluding hydrogens is 288 g/mol. The molecule has 1 unspecified atom stereocenters. The van der Waals surface area contributed by atoms with Gasteiger partial charge in [-0.25, -0.2) is 8.78 Å². The summed E-state index contributed by atoms with van der Waals surface area (Å²) >= 11 is 0. The number of hydrogen-bond donors (Lipinski definition) is 1. The topological polar surface area (TPSA) is 30.5 Å². The lowest BCUT2D eigenvalue weighted by molar-refractivity contribution is -0.00739. The van der Waals surface area contributed by atoms with Crippen LogP contribution in [0.25, 0.3) is 0 Å². The van der Waals surface area contributed by atoms with Crippen LogP contribution in [-0.2, 0) is 9.47 Å². The zero-order chi connectivity index (χ0) is 15.8. The number of hydrogen-bond acceptors (Lipinski definition) is 3. The summed E-state index contributed by atoms with van der Waals surface area (Å²) in [5.74, 6) is -1.35. The molecule has 0 aliphatic carbocycles. The Balaban J connectivity index is 2.01. The lowest BCUT2D eigenvalue weighted by atomic mass is 9.89. The fourth-order valence-corrected chi connectivity index (χ4v) is 2.85. The molecule has 2 rings (SSSR count). The molecule has 2 atom stereocenters. The molecule has 1 aromatic rings. The van der Waals surface area contributed by atoms with Crippen molar-refractivity contribution in [3.63, 3.8) is 0 Å². The predicted octanol–water partition coefficient (Wildman–Crippen LogP) is 3.45. The normalized spacial score (nSPS) is 20.0. The molecule has 0 amide bonds. The van der Waals surface area contributed by atoms with Crippen LogP contribution >= 0.6 is 0 Å². The van der Waals surface area contributed by atoms with Gasteiger partial charge in [-0.2, -0.15) is 0 Å². The number of rotatable bonds is 8. The Morgan fingerprint density at radius 1 is 1.27 bits per heavy atom. The fourth-order valence-electron chi connectivity index (χ4n) is 2.85. The maximum atomic E-state index is 13.5. The Hall–Kier alpha value is -1.04. The molecule has 1 aromatic carbocycles. The summed E-state index contributed by atoms with van der Waals surface area (Å²) in [6.07, 6.45) is 2.70. The van der Waals surface area contributed by atoms with E-state index in [-0.39, 0.29) is 12.0 Å². The van der Waals surface area contributed by atoms with E-state index in [1.807, 2.05) is 6.92 Å². The molecule has 1 aliphatic heterocycles. The number of benzene rings is 1. The van der Waals surface area contributed by atoms with Crippen LogP contribution < -0.4 is 5.32 Å². The maximum absolute atomic E-state index is 13.5. The molecule has 1 fully saturated rings. The third-order valence-corrected chi connectivity index (χ3v) is 3.97. The van der Waals surface area contributed by atoms with Crippen molar-refractivity contribution < 1.29 is 18.3 Å². The minimum atomic E-state index is -0.819. The monoisotopic (exact) mass is 313 g/mol. The van der Waals surface area contributed by atoms with Crippen molar-refractivity contribution in [1.29, 1.82) is 0 Å². The van der Waals surface area contributed by atoms with Crippen molar-refractivity contribution in [2.45, 2.75) is 32.3 Å². The van der Waals surface area contributed by atoms with Crippen molar-refractivity contribution in [1.82, 2.24) is 5.32 Å². The molecule has 1 saturated heterocycles. The van der Waals surface area contributed by atoms with Gasteiger partial charge in [0.25, 0.3) is 0 Å². The molecule has 1 N–H and O–H groups in total. The third kappa shape index (κ3) is 5.00. The Labute approximate surface area is 131 Å². The first-order valence-electron chi connectivity index (χ1n) is 8.07. The average Bonchev–Trinajstić information content (AvgIpc) is 2.55. The van der Waals surface area contributed by atoms with Gasteiger partial charge >= 0.3 is 0 Å². The molecule has 22 heavy (non-hydrogen) atoms. The van der Waals surface area contributed by atoms with Crippen LogP contribution in [0.15, 0.2) is 18.2 Å². The van der Waals surface area contributed by atoms with Gasteiger partial charge in [-0.15, -0.1) is 0 Å². The largest absolute Gasteiger partial charge is 0.382 e. The summed E-state index contributed by atoms with van der Waals surface area (Å²) in [7, 11) is 0. The van der Waals surface area contributed by atoms with Crippen LogP contribution in [0.5, 0.6) is 0 Å². The SMILES string of the molecule is CCOCCCO[C@@H](c1ccc(F)c(F)c1)C1CCCNC1. The summed E-state index contributed by atoms with van der Waals surface area (Å²) in [5, 5.41) is 3.35. The smallest absolute Gasteiger partial charge is 0.159 e. The molecule has 0 saturated carbocycles. The van der Waals surface area contributed by atoms with Crippen molar-refractivity contribution >= 4 is 0 Å².